The Morgan fingerprint density at radius 2 is 2.06 bits per heavy atom. The summed E-state index contributed by atoms with van der Waals surface area (Å²) in [6, 6.07) is 0. The van der Waals surface area contributed by atoms with Crippen LogP contribution in [-0.2, 0) is 9.53 Å². The maximum atomic E-state index is 12.1. The van der Waals surface area contributed by atoms with Crippen molar-refractivity contribution >= 4 is 5.91 Å². The third-order valence-corrected chi connectivity index (χ3v) is 4.09. The van der Waals surface area contributed by atoms with Crippen LogP contribution in [0.2, 0.25) is 0 Å². The summed E-state index contributed by atoms with van der Waals surface area (Å²) in [5, 5.41) is 8.69. The van der Waals surface area contributed by atoms with Crippen molar-refractivity contribution in [2.24, 2.45) is 5.73 Å². The van der Waals surface area contributed by atoms with E-state index >= 15 is 0 Å². The predicted octanol–water partition coefficient (Wildman–Crippen LogP) is 0.258. The number of hydrogen-bond acceptors (Lipinski definition) is 4. The molecule has 0 aromatic carbocycles. The van der Waals surface area contributed by atoms with Crippen molar-refractivity contribution in [3.8, 4) is 0 Å². The van der Waals surface area contributed by atoms with E-state index < -0.39 is 0 Å². The standard InChI is InChI=1S/C13H24N2O3/c14-13(4-1-5-13)10-12(17)15-6-2-11(3-7-15)18-9-8-16/h11,16H,1-10,14H2. The van der Waals surface area contributed by atoms with Crippen molar-refractivity contribution in [3.63, 3.8) is 0 Å². The van der Waals surface area contributed by atoms with Gasteiger partial charge in [-0.1, -0.05) is 0 Å². The lowest BCUT2D eigenvalue weighted by Gasteiger charge is -2.40. The Morgan fingerprint density at radius 3 is 2.56 bits per heavy atom. The molecule has 1 saturated carbocycles. The lowest BCUT2D eigenvalue weighted by atomic mass is 9.75. The normalized spacial score (nSPS) is 23.8. The molecule has 0 aromatic heterocycles. The van der Waals surface area contributed by atoms with E-state index in [1.165, 1.54) is 0 Å². The van der Waals surface area contributed by atoms with Gasteiger partial charge in [0, 0.05) is 25.0 Å². The van der Waals surface area contributed by atoms with E-state index in [0.717, 1.165) is 45.2 Å². The highest BCUT2D eigenvalue weighted by Gasteiger charge is 2.36. The minimum Gasteiger partial charge on any atom is -0.394 e. The molecular weight excluding hydrogens is 232 g/mol. The highest BCUT2D eigenvalue weighted by Crippen LogP contribution is 2.32. The van der Waals surface area contributed by atoms with Gasteiger partial charge in [0.25, 0.3) is 0 Å². The smallest absolute Gasteiger partial charge is 0.224 e. The quantitative estimate of drug-likeness (QED) is 0.739. The monoisotopic (exact) mass is 256 g/mol. The fraction of sp³-hybridized carbons (Fsp3) is 0.923. The van der Waals surface area contributed by atoms with E-state index in [1.807, 2.05) is 4.90 Å². The van der Waals surface area contributed by atoms with Gasteiger partial charge in [0.05, 0.1) is 19.3 Å². The molecule has 104 valence electrons. The molecule has 1 aliphatic carbocycles. The van der Waals surface area contributed by atoms with E-state index in [1.54, 1.807) is 0 Å². The molecule has 0 radical (unpaired) electrons. The second-order valence-corrected chi connectivity index (χ2v) is 5.57. The number of piperidine rings is 1. The van der Waals surface area contributed by atoms with E-state index in [9.17, 15) is 4.79 Å². The molecular formula is C13H24N2O3. The molecule has 5 nitrogen and oxygen atoms in total. The van der Waals surface area contributed by atoms with Crippen molar-refractivity contribution in [2.45, 2.75) is 50.2 Å². The summed E-state index contributed by atoms with van der Waals surface area (Å²) in [7, 11) is 0. The van der Waals surface area contributed by atoms with Gasteiger partial charge in [-0.3, -0.25) is 4.79 Å². The minimum absolute atomic E-state index is 0.0643. The Labute approximate surface area is 108 Å². The topological polar surface area (TPSA) is 75.8 Å². The summed E-state index contributed by atoms with van der Waals surface area (Å²) in [4.78, 5) is 14.0. The van der Waals surface area contributed by atoms with Crippen LogP contribution in [0.15, 0.2) is 0 Å². The molecule has 5 heteroatoms. The molecule has 1 heterocycles. The van der Waals surface area contributed by atoms with Gasteiger partial charge >= 0.3 is 0 Å². The molecule has 1 saturated heterocycles. The van der Waals surface area contributed by atoms with E-state index in [4.69, 9.17) is 15.6 Å². The molecule has 3 N–H and O–H groups in total. The van der Waals surface area contributed by atoms with Crippen LogP contribution in [-0.4, -0.2) is 53.9 Å². The number of rotatable bonds is 5. The number of aliphatic hydroxyl groups is 1. The van der Waals surface area contributed by atoms with E-state index in [0.29, 0.717) is 13.0 Å². The Kier molecular flexibility index (Phi) is 4.59. The molecule has 18 heavy (non-hydrogen) atoms. The van der Waals surface area contributed by atoms with Gasteiger partial charge in [0.1, 0.15) is 0 Å². The zero-order valence-corrected chi connectivity index (χ0v) is 10.9. The van der Waals surface area contributed by atoms with Crippen LogP contribution in [0.4, 0.5) is 0 Å². The highest BCUT2D eigenvalue weighted by molar-refractivity contribution is 5.77. The summed E-state index contributed by atoms with van der Waals surface area (Å²) < 4.78 is 5.48. The van der Waals surface area contributed by atoms with Crippen LogP contribution in [0, 0.1) is 0 Å². The lowest BCUT2D eigenvalue weighted by Crippen LogP contribution is -2.51. The zero-order valence-electron chi connectivity index (χ0n) is 10.9. The van der Waals surface area contributed by atoms with Gasteiger partial charge in [-0.05, 0) is 32.1 Å². The number of ether oxygens (including phenoxy) is 1. The van der Waals surface area contributed by atoms with Crippen LogP contribution in [0.25, 0.3) is 0 Å². The Morgan fingerprint density at radius 1 is 1.39 bits per heavy atom. The first kappa shape index (κ1) is 13.8. The van der Waals surface area contributed by atoms with Gasteiger partial charge in [-0.15, -0.1) is 0 Å². The van der Waals surface area contributed by atoms with Gasteiger partial charge in [-0.25, -0.2) is 0 Å². The molecule has 1 aliphatic heterocycles. The molecule has 1 amide bonds. The van der Waals surface area contributed by atoms with Crippen LogP contribution in [0.3, 0.4) is 0 Å². The molecule has 2 aliphatic rings. The molecule has 0 unspecified atom stereocenters. The average molecular weight is 256 g/mol. The van der Waals surface area contributed by atoms with Crippen molar-refractivity contribution in [3.05, 3.63) is 0 Å². The summed E-state index contributed by atoms with van der Waals surface area (Å²) in [5.41, 5.74) is 5.88. The second-order valence-electron chi connectivity index (χ2n) is 5.57. The second kappa shape index (κ2) is 5.99. The zero-order chi connectivity index (χ0) is 13.0. The summed E-state index contributed by atoms with van der Waals surface area (Å²) in [6.07, 6.45) is 5.53. The molecule has 2 rings (SSSR count). The lowest BCUT2D eigenvalue weighted by molar-refractivity contribution is -0.136. The number of nitrogens with two attached hydrogens (primary N) is 1. The molecule has 0 bridgehead atoms. The number of amides is 1. The highest BCUT2D eigenvalue weighted by atomic mass is 16.5. The molecule has 0 atom stereocenters. The minimum atomic E-state index is -0.221. The number of hydrogen-bond donors (Lipinski definition) is 2. The molecule has 2 fully saturated rings. The van der Waals surface area contributed by atoms with Gasteiger partial charge in [-0.2, -0.15) is 0 Å². The summed E-state index contributed by atoms with van der Waals surface area (Å²) in [5.74, 6) is 0.192. The van der Waals surface area contributed by atoms with Crippen LogP contribution in [0.5, 0.6) is 0 Å². The summed E-state index contributed by atoms with van der Waals surface area (Å²) in [6.45, 7) is 1.97. The third-order valence-electron chi connectivity index (χ3n) is 4.09. The van der Waals surface area contributed by atoms with Crippen LogP contribution in [0.1, 0.15) is 38.5 Å². The van der Waals surface area contributed by atoms with E-state index in [-0.39, 0.29) is 24.2 Å². The van der Waals surface area contributed by atoms with Crippen molar-refractivity contribution in [2.75, 3.05) is 26.3 Å². The predicted molar refractivity (Wildman–Crippen MR) is 68.0 cm³/mol. The Hall–Kier alpha value is -0.650. The van der Waals surface area contributed by atoms with Gasteiger partial charge in [0.15, 0.2) is 0 Å². The number of nitrogens with zero attached hydrogens (tertiary/aromatic N) is 1. The van der Waals surface area contributed by atoms with Crippen molar-refractivity contribution in [1.82, 2.24) is 4.90 Å². The van der Waals surface area contributed by atoms with Crippen molar-refractivity contribution < 1.29 is 14.6 Å². The maximum absolute atomic E-state index is 12.1. The third kappa shape index (κ3) is 3.43. The molecule has 0 spiro atoms. The average Bonchev–Trinajstić information content (AvgIpc) is 2.35. The van der Waals surface area contributed by atoms with Gasteiger partial charge < -0.3 is 20.5 Å². The largest absolute Gasteiger partial charge is 0.394 e. The first-order chi connectivity index (χ1) is 8.63. The molecule has 0 aromatic rings. The van der Waals surface area contributed by atoms with Gasteiger partial charge in [0.2, 0.25) is 5.91 Å². The SMILES string of the molecule is NC1(CC(=O)N2CCC(OCCO)CC2)CCC1. The van der Waals surface area contributed by atoms with Crippen LogP contribution >= 0.6 is 0 Å². The van der Waals surface area contributed by atoms with E-state index in [2.05, 4.69) is 0 Å². The first-order valence-electron chi connectivity index (χ1n) is 6.92. The first-order valence-corrected chi connectivity index (χ1v) is 6.92. The Bertz CT molecular complexity index is 284. The fourth-order valence-electron chi connectivity index (χ4n) is 2.71. The fourth-order valence-corrected chi connectivity index (χ4v) is 2.71. The van der Waals surface area contributed by atoms with Crippen LogP contribution < -0.4 is 5.73 Å². The number of carbonyl (C=O) groups excluding carboxylic acids is 1. The number of likely N-dealkylation sites (tertiary alicyclic amines) is 1. The maximum Gasteiger partial charge on any atom is 0.224 e. The van der Waals surface area contributed by atoms with Crippen molar-refractivity contribution in [1.29, 1.82) is 0 Å². The number of aliphatic hydroxyl groups excluding tert-OH is 1. The Balaban J connectivity index is 1.70. The number of carbonyl (C=O) groups is 1. The summed E-state index contributed by atoms with van der Waals surface area (Å²) >= 11 is 0.